The van der Waals surface area contributed by atoms with Gasteiger partial charge in [0.15, 0.2) is 5.11 Å². The molecule has 2 N–H and O–H groups in total. The monoisotopic (exact) mass is 303 g/mol. The zero-order chi connectivity index (χ0) is 14.4. The first kappa shape index (κ1) is 14.5. The lowest BCUT2D eigenvalue weighted by Gasteiger charge is -2.07. The third-order valence-electron chi connectivity index (χ3n) is 2.53. The molecule has 0 spiro atoms. The molecule has 2 aromatic carbocycles. The van der Waals surface area contributed by atoms with Gasteiger partial charge in [0.05, 0.1) is 6.21 Å². The lowest BCUT2D eigenvalue weighted by molar-refractivity contribution is 1.05. The van der Waals surface area contributed by atoms with Crippen LogP contribution in [0.5, 0.6) is 0 Å². The second-order valence-corrected chi connectivity index (χ2v) is 5.09. The molecular weight excluding hydrogens is 290 g/mol. The van der Waals surface area contributed by atoms with Crippen molar-refractivity contribution in [1.29, 1.82) is 0 Å². The van der Waals surface area contributed by atoms with Crippen LogP contribution in [-0.2, 0) is 0 Å². The normalized spacial score (nSPS) is 10.5. The zero-order valence-electron chi connectivity index (χ0n) is 10.9. The average molecular weight is 304 g/mol. The summed E-state index contributed by atoms with van der Waals surface area (Å²) in [7, 11) is 0. The van der Waals surface area contributed by atoms with E-state index in [9.17, 15) is 0 Å². The summed E-state index contributed by atoms with van der Waals surface area (Å²) < 4.78 is 0. The number of aryl methyl sites for hydroxylation is 1. The van der Waals surface area contributed by atoms with Gasteiger partial charge in [-0.25, -0.2) is 0 Å². The van der Waals surface area contributed by atoms with Gasteiger partial charge in [0, 0.05) is 10.7 Å². The van der Waals surface area contributed by atoms with Crippen molar-refractivity contribution < 1.29 is 0 Å². The Hall–Kier alpha value is -1.91. The van der Waals surface area contributed by atoms with Crippen LogP contribution in [0, 0.1) is 6.92 Å². The molecule has 0 bridgehead atoms. The van der Waals surface area contributed by atoms with Crippen LogP contribution in [0.15, 0.2) is 53.6 Å². The summed E-state index contributed by atoms with van der Waals surface area (Å²) in [6, 6.07) is 15.3. The fourth-order valence-corrected chi connectivity index (χ4v) is 1.89. The summed E-state index contributed by atoms with van der Waals surface area (Å²) in [4.78, 5) is 0. The fraction of sp³-hybridized carbons (Fsp3) is 0.0667. The molecule has 0 unspecified atom stereocenters. The SMILES string of the molecule is Cc1cccc(NC(=S)NN=Cc2ccc(Cl)cc2)c1. The number of rotatable bonds is 3. The van der Waals surface area contributed by atoms with Crippen molar-refractivity contribution >= 4 is 40.8 Å². The van der Waals surface area contributed by atoms with Crippen LogP contribution in [0.25, 0.3) is 0 Å². The molecule has 0 aliphatic rings. The van der Waals surface area contributed by atoms with Gasteiger partial charge < -0.3 is 5.32 Å². The highest BCUT2D eigenvalue weighted by Gasteiger charge is 1.96. The predicted molar refractivity (Wildman–Crippen MR) is 89.6 cm³/mol. The molecule has 0 radical (unpaired) electrons. The summed E-state index contributed by atoms with van der Waals surface area (Å²) in [5.41, 5.74) is 5.82. The van der Waals surface area contributed by atoms with Gasteiger partial charge in [0.2, 0.25) is 0 Å². The van der Waals surface area contributed by atoms with Gasteiger partial charge in [-0.05, 0) is 54.5 Å². The summed E-state index contributed by atoms with van der Waals surface area (Å²) in [5, 5.41) is 8.28. The van der Waals surface area contributed by atoms with E-state index in [0.717, 1.165) is 11.3 Å². The van der Waals surface area contributed by atoms with Crippen molar-refractivity contribution in [2.45, 2.75) is 6.92 Å². The molecule has 0 saturated carbocycles. The van der Waals surface area contributed by atoms with E-state index in [2.05, 4.69) is 15.8 Å². The molecule has 20 heavy (non-hydrogen) atoms. The molecule has 102 valence electrons. The van der Waals surface area contributed by atoms with E-state index < -0.39 is 0 Å². The molecule has 0 atom stereocenters. The molecule has 0 aliphatic carbocycles. The molecule has 3 nitrogen and oxygen atoms in total. The van der Waals surface area contributed by atoms with Gasteiger partial charge in [-0.2, -0.15) is 5.10 Å². The Morgan fingerprint density at radius 3 is 2.65 bits per heavy atom. The van der Waals surface area contributed by atoms with Crippen LogP contribution in [0.1, 0.15) is 11.1 Å². The van der Waals surface area contributed by atoms with E-state index in [1.54, 1.807) is 6.21 Å². The average Bonchev–Trinajstić information content (AvgIpc) is 2.41. The van der Waals surface area contributed by atoms with Crippen LogP contribution in [-0.4, -0.2) is 11.3 Å². The molecule has 0 saturated heterocycles. The number of nitrogens with zero attached hydrogens (tertiary/aromatic N) is 1. The summed E-state index contributed by atoms with van der Waals surface area (Å²) in [6.45, 7) is 2.03. The van der Waals surface area contributed by atoms with E-state index in [1.165, 1.54) is 5.56 Å². The zero-order valence-corrected chi connectivity index (χ0v) is 12.5. The van der Waals surface area contributed by atoms with Gasteiger partial charge in [-0.15, -0.1) is 0 Å². The first-order valence-corrected chi connectivity index (χ1v) is 6.84. The molecule has 0 amide bonds. The van der Waals surface area contributed by atoms with Crippen molar-refractivity contribution in [3.8, 4) is 0 Å². The van der Waals surface area contributed by atoms with E-state index in [0.29, 0.717) is 10.1 Å². The van der Waals surface area contributed by atoms with Crippen molar-refractivity contribution in [3.63, 3.8) is 0 Å². The smallest absolute Gasteiger partial charge is 0.191 e. The van der Waals surface area contributed by atoms with Crippen molar-refractivity contribution in [2.24, 2.45) is 5.10 Å². The van der Waals surface area contributed by atoms with Gasteiger partial charge in [0.25, 0.3) is 0 Å². The van der Waals surface area contributed by atoms with Crippen LogP contribution in [0.2, 0.25) is 5.02 Å². The maximum atomic E-state index is 5.81. The molecule has 2 rings (SSSR count). The van der Waals surface area contributed by atoms with Crippen molar-refractivity contribution in [1.82, 2.24) is 5.43 Å². The van der Waals surface area contributed by atoms with Gasteiger partial charge in [-0.3, -0.25) is 5.43 Å². The lowest BCUT2D eigenvalue weighted by atomic mass is 10.2. The van der Waals surface area contributed by atoms with E-state index in [1.807, 2.05) is 55.5 Å². The first-order valence-electron chi connectivity index (χ1n) is 6.06. The largest absolute Gasteiger partial charge is 0.331 e. The molecule has 2 aromatic rings. The number of thiocarbonyl (C=S) groups is 1. The first-order chi connectivity index (χ1) is 9.63. The molecule has 0 heterocycles. The third kappa shape index (κ3) is 4.64. The standard InChI is InChI=1S/C15H14ClN3S/c1-11-3-2-4-14(9-11)18-15(20)19-17-10-12-5-7-13(16)8-6-12/h2-10H,1H3,(H2,18,19,20). The maximum absolute atomic E-state index is 5.81. The maximum Gasteiger partial charge on any atom is 0.191 e. The van der Waals surface area contributed by atoms with Crippen LogP contribution in [0.3, 0.4) is 0 Å². The Balaban J connectivity index is 1.87. The Bertz CT molecular complexity index is 623. The fourth-order valence-electron chi connectivity index (χ4n) is 1.60. The number of hydrazone groups is 1. The Morgan fingerprint density at radius 1 is 1.20 bits per heavy atom. The van der Waals surface area contributed by atoms with Gasteiger partial charge in [-0.1, -0.05) is 35.9 Å². The molecule has 0 aliphatic heterocycles. The van der Waals surface area contributed by atoms with Crippen molar-refractivity contribution in [3.05, 3.63) is 64.7 Å². The summed E-state index contributed by atoms with van der Waals surface area (Å²) >= 11 is 11.0. The second kappa shape index (κ2) is 7.03. The number of benzene rings is 2. The number of hydrogen-bond acceptors (Lipinski definition) is 2. The molecule has 0 aromatic heterocycles. The van der Waals surface area contributed by atoms with Gasteiger partial charge >= 0.3 is 0 Å². The number of hydrogen-bond donors (Lipinski definition) is 2. The van der Waals surface area contributed by atoms with E-state index >= 15 is 0 Å². The van der Waals surface area contributed by atoms with Crippen molar-refractivity contribution in [2.75, 3.05) is 5.32 Å². The Kier molecular flexibility index (Phi) is 5.09. The van der Waals surface area contributed by atoms with Crippen LogP contribution < -0.4 is 10.7 Å². The summed E-state index contributed by atoms with van der Waals surface area (Å²) in [5.74, 6) is 0. The Morgan fingerprint density at radius 2 is 1.95 bits per heavy atom. The number of anilines is 1. The highest BCUT2D eigenvalue weighted by molar-refractivity contribution is 7.80. The third-order valence-corrected chi connectivity index (χ3v) is 2.97. The predicted octanol–water partition coefficient (Wildman–Crippen LogP) is 3.97. The molecular formula is C15H14ClN3S. The quantitative estimate of drug-likeness (QED) is 0.512. The van der Waals surface area contributed by atoms with Crippen LogP contribution >= 0.6 is 23.8 Å². The number of nitrogens with one attached hydrogen (secondary N) is 2. The second-order valence-electron chi connectivity index (χ2n) is 4.25. The highest BCUT2D eigenvalue weighted by atomic mass is 35.5. The minimum Gasteiger partial charge on any atom is -0.331 e. The Labute approximate surface area is 128 Å². The van der Waals surface area contributed by atoms with E-state index in [-0.39, 0.29) is 0 Å². The van der Waals surface area contributed by atoms with Crippen LogP contribution in [0.4, 0.5) is 5.69 Å². The molecule has 5 heteroatoms. The van der Waals surface area contributed by atoms with Gasteiger partial charge in [0.1, 0.15) is 0 Å². The summed E-state index contributed by atoms with van der Waals surface area (Å²) in [6.07, 6.45) is 1.68. The lowest BCUT2D eigenvalue weighted by Crippen LogP contribution is -2.23. The topological polar surface area (TPSA) is 36.4 Å². The molecule has 0 fully saturated rings. The minimum atomic E-state index is 0.445. The van der Waals surface area contributed by atoms with E-state index in [4.69, 9.17) is 23.8 Å². The highest BCUT2D eigenvalue weighted by Crippen LogP contribution is 2.09. The minimum absolute atomic E-state index is 0.445. The number of halogens is 1.